The minimum absolute atomic E-state index is 0.00367. The summed E-state index contributed by atoms with van der Waals surface area (Å²) in [6, 6.07) is 5.11. The van der Waals surface area contributed by atoms with Gasteiger partial charge in [-0.3, -0.25) is 0 Å². The van der Waals surface area contributed by atoms with Gasteiger partial charge in [-0.15, -0.1) is 0 Å². The fourth-order valence-electron chi connectivity index (χ4n) is 1.31. The van der Waals surface area contributed by atoms with E-state index in [9.17, 15) is 8.42 Å². The molecule has 1 aromatic carbocycles. The summed E-state index contributed by atoms with van der Waals surface area (Å²) >= 11 is 9.19. The van der Waals surface area contributed by atoms with Gasteiger partial charge in [-0.2, -0.15) is 0 Å². The van der Waals surface area contributed by atoms with Crippen LogP contribution in [0.25, 0.3) is 0 Å². The van der Waals surface area contributed by atoms with Crippen LogP contribution in [0.4, 0.5) is 0 Å². The van der Waals surface area contributed by atoms with Crippen LogP contribution in [0.1, 0.15) is 10.4 Å². The lowest BCUT2D eigenvalue weighted by Crippen LogP contribution is -2.09. The Morgan fingerprint density at radius 2 is 2.12 bits per heavy atom. The van der Waals surface area contributed by atoms with E-state index in [1.807, 2.05) is 0 Å². The molecule has 0 spiro atoms. The highest BCUT2D eigenvalue weighted by Crippen LogP contribution is 2.34. The van der Waals surface area contributed by atoms with Gasteiger partial charge in [0.25, 0.3) is 0 Å². The number of hydrogen-bond donors (Lipinski definition) is 0. The van der Waals surface area contributed by atoms with Crippen molar-refractivity contribution in [1.29, 1.82) is 0 Å². The molecule has 0 aromatic heterocycles. The Morgan fingerprint density at radius 3 is 2.62 bits per heavy atom. The molecule has 0 aliphatic rings. The van der Waals surface area contributed by atoms with Crippen LogP contribution in [0.2, 0.25) is 5.02 Å². The second-order valence-electron chi connectivity index (χ2n) is 3.45. The van der Waals surface area contributed by atoms with Gasteiger partial charge in [0.2, 0.25) is 0 Å². The summed E-state index contributed by atoms with van der Waals surface area (Å²) in [6.07, 6.45) is 1.19. The first-order chi connectivity index (χ1) is 7.33. The summed E-state index contributed by atoms with van der Waals surface area (Å²) in [5.41, 5.74) is 0.737. The maximum absolute atomic E-state index is 11.2. The van der Waals surface area contributed by atoms with Gasteiger partial charge in [0.15, 0.2) is 0 Å². The van der Waals surface area contributed by atoms with Crippen molar-refractivity contribution < 1.29 is 13.2 Å². The molecule has 1 aromatic rings. The normalized spacial score (nSPS) is 13.5. The van der Waals surface area contributed by atoms with E-state index in [4.69, 9.17) is 16.3 Å². The Hall–Kier alpha value is -0.260. The zero-order valence-electron chi connectivity index (χ0n) is 8.91. The molecular formula is C10H12BrClO3S. The quantitative estimate of drug-likeness (QED) is 0.799. The van der Waals surface area contributed by atoms with Crippen molar-refractivity contribution in [3.8, 4) is 5.75 Å². The third-order valence-corrected chi connectivity index (χ3v) is 4.40. The minimum Gasteiger partial charge on any atom is -0.496 e. The second kappa shape index (κ2) is 5.38. The fourth-order valence-corrected chi connectivity index (χ4v) is 4.00. The molecule has 1 unspecified atom stereocenters. The van der Waals surface area contributed by atoms with Gasteiger partial charge in [0.1, 0.15) is 15.6 Å². The lowest BCUT2D eigenvalue weighted by Gasteiger charge is -2.13. The average molecular weight is 328 g/mol. The highest BCUT2D eigenvalue weighted by atomic mass is 79.9. The van der Waals surface area contributed by atoms with Crippen molar-refractivity contribution in [2.24, 2.45) is 0 Å². The van der Waals surface area contributed by atoms with Crippen LogP contribution in [-0.4, -0.2) is 27.5 Å². The number of hydrogen-bond acceptors (Lipinski definition) is 3. The van der Waals surface area contributed by atoms with Crippen LogP contribution >= 0.6 is 27.5 Å². The molecule has 0 aliphatic carbocycles. The molecule has 0 N–H and O–H groups in total. The first kappa shape index (κ1) is 13.8. The standard InChI is InChI=1S/C10H12BrClO3S/c1-15-10-4-3-7(12)5-8(10)9(11)6-16(2,13)14/h3-5,9H,6H2,1-2H3. The van der Waals surface area contributed by atoms with Crippen LogP contribution in [0.15, 0.2) is 18.2 Å². The van der Waals surface area contributed by atoms with Crippen LogP contribution < -0.4 is 4.74 Å². The fraction of sp³-hybridized carbons (Fsp3) is 0.400. The minimum atomic E-state index is -3.05. The summed E-state index contributed by atoms with van der Waals surface area (Å²) in [6.45, 7) is 0. The van der Waals surface area contributed by atoms with Gasteiger partial charge in [0.05, 0.1) is 17.7 Å². The van der Waals surface area contributed by atoms with E-state index in [1.54, 1.807) is 18.2 Å². The third-order valence-electron chi connectivity index (χ3n) is 1.98. The smallest absolute Gasteiger partial charge is 0.148 e. The maximum atomic E-state index is 11.2. The van der Waals surface area contributed by atoms with Gasteiger partial charge in [-0.1, -0.05) is 27.5 Å². The predicted octanol–water partition coefficient (Wildman–Crippen LogP) is 2.83. The van der Waals surface area contributed by atoms with Crippen LogP contribution in [0.5, 0.6) is 5.75 Å². The van der Waals surface area contributed by atoms with Gasteiger partial charge in [-0.05, 0) is 18.2 Å². The van der Waals surface area contributed by atoms with Crippen LogP contribution in [-0.2, 0) is 9.84 Å². The maximum Gasteiger partial charge on any atom is 0.148 e. The summed E-state index contributed by atoms with van der Waals surface area (Å²) in [5.74, 6) is 0.624. The molecular weight excluding hydrogens is 316 g/mol. The highest BCUT2D eigenvalue weighted by Gasteiger charge is 2.18. The number of methoxy groups -OCH3 is 1. The summed E-state index contributed by atoms with van der Waals surface area (Å²) in [7, 11) is -1.52. The lowest BCUT2D eigenvalue weighted by molar-refractivity contribution is 0.410. The molecule has 0 amide bonds. The third kappa shape index (κ3) is 3.96. The SMILES string of the molecule is COc1ccc(Cl)cc1C(Br)CS(C)(=O)=O. The largest absolute Gasteiger partial charge is 0.496 e. The van der Waals surface area contributed by atoms with E-state index >= 15 is 0 Å². The average Bonchev–Trinajstić information content (AvgIpc) is 2.15. The number of alkyl halides is 1. The van der Waals surface area contributed by atoms with E-state index in [1.165, 1.54) is 13.4 Å². The zero-order valence-corrected chi connectivity index (χ0v) is 12.1. The molecule has 6 heteroatoms. The molecule has 1 atom stereocenters. The molecule has 0 bridgehead atoms. The lowest BCUT2D eigenvalue weighted by atomic mass is 10.1. The monoisotopic (exact) mass is 326 g/mol. The second-order valence-corrected chi connectivity index (χ2v) is 7.17. The van der Waals surface area contributed by atoms with Crippen molar-refractivity contribution in [1.82, 2.24) is 0 Å². The van der Waals surface area contributed by atoms with E-state index in [2.05, 4.69) is 15.9 Å². The van der Waals surface area contributed by atoms with E-state index in [0.717, 1.165) is 5.56 Å². The topological polar surface area (TPSA) is 43.4 Å². The molecule has 1 rings (SSSR count). The molecule has 0 saturated heterocycles. The van der Waals surface area contributed by atoms with E-state index in [0.29, 0.717) is 10.8 Å². The Balaban J connectivity index is 3.06. The number of ether oxygens (including phenoxy) is 1. The molecule has 0 aliphatic heterocycles. The van der Waals surface area contributed by atoms with E-state index in [-0.39, 0.29) is 10.6 Å². The highest BCUT2D eigenvalue weighted by molar-refractivity contribution is 9.09. The first-order valence-electron chi connectivity index (χ1n) is 4.48. The summed E-state index contributed by atoms with van der Waals surface area (Å²) < 4.78 is 27.5. The summed E-state index contributed by atoms with van der Waals surface area (Å²) in [5, 5.41) is 0.550. The van der Waals surface area contributed by atoms with Crippen molar-refractivity contribution in [2.75, 3.05) is 19.1 Å². The molecule has 0 fully saturated rings. The van der Waals surface area contributed by atoms with Gasteiger partial charge in [-0.25, -0.2) is 8.42 Å². The first-order valence-corrected chi connectivity index (χ1v) is 7.84. The van der Waals surface area contributed by atoms with Crippen LogP contribution in [0, 0.1) is 0 Å². The molecule has 0 heterocycles. The Bertz CT molecular complexity index is 473. The van der Waals surface area contributed by atoms with Crippen molar-refractivity contribution in [2.45, 2.75) is 4.83 Å². The molecule has 90 valence electrons. The van der Waals surface area contributed by atoms with Crippen molar-refractivity contribution >= 4 is 37.4 Å². The molecule has 3 nitrogen and oxygen atoms in total. The summed E-state index contributed by atoms with van der Waals surface area (Å²) in [4.78, 5) is -0.323. The Morgan fingerprint density at radius 1 is 1.50 bits per heavy atom. The number of benzene rings is 1. The van der Waals surface area contributed by atoms with Crippen molar-refractivity contribution in [3.63, 3.8) is 0 Å². The van der Waals surface area contributed by atoms with Crippen molar-refractivity contribution in [3.05, 3.63) is 28.8 Å². The van der Waals surface area contributed by atoms with Gasteiger partial charge in [0, 0.05) is 16.8 Å². The number of sulfone groups is 1. The Kier molecular flexibility index (Phi) is 4.64. The zero-order chi connectivity index (χ0) is 12.3. The number of halogens is 2. The van der Waals surface area contributed by atoms with Gasteiger partial charge >= 0.3 is 0 Å². The molecule has 16 heavy (non-hydrogen) atoms. The van der Waals surface area contributed by atoms with Gasteiger partial charge < -0.3 is 4.74 Å². The Labute approximate surface area is 109 Å². The van der Waals surface area contributed by atoms with E-state index < -0.39 is 9.84 Å². The number of rotatable bonds is 4. The molecule has 0 saturated carbocycles. The molecule has 0 radical (unpaired) electrons. The van der Waals surface area contributed by atoms with Crippen LogP contribution in [0.3, 0.4) is 0 Å². The predicted molar refractivity (Wildman–Crippen MR) is 69.4 cm³/mol.